The summed E-state index contributed by atoms with van der Waals surface area (Å²) in [6.45, 7) is 4.14. The van der Waals surface area contributed by atoms with Crippen LogP contribution in [0.2, 0.25) is 15.1 Å². The normalized spacial score (nSPS) is 12.0. The van der Waals surface area contributed by atoms with E-state index in [-0.39, 0.29) is 18.5 Å². The highest BCUT2D eigenvalue weighted by Crippen LogP contribution is 2.32. The van der Waals surface area contributed by atoms with Crippen molar-refractivity contribution in [3.63, 3.8) is 0 Å². The Morgan fingerprint density at radius 3 is 2.65 bits per heavy atom. The van der Waals surface area contributed by atoms with Crippen LogP contribution < -0.4 is 10.6 Å². The molecule has 0 aromatic heterocycles. The maximum Gasteiger partial charge on any atom is 0.279 e. The van der Waals surface area contributed by atoms with Crippen LogP contribution in [0.4, 0.5) is 5.69 Å². The molecule has 2 aromatic carbocycles. The van der Waals surface area contributed by atoms with Gasteiger partial charge in [-0.1, -0.05) is 53.0 Å². The first kappa shape index (κ1) is 18.1. The van der Waals surface area contributed by atoms with Crippen LogP contribution in [-0.2, 0) is 4.79 Å². The van der Waals surface area contributed by atoms with Crippen molar-refractivity contribution in [1.82, 2.24) is 0 Å². The molecule has 0 aliphatic carbocycles. The summed E-state index contributed by atoms with van der Waals surface area (Å²) in [5.41, 5.74) is 2.39. The molecule has 0 spiro atoms. The third kappa shape index (κ3) is 4.85. The number of nitrogens with one attached hydrogen (secondary N) is 1. The molecular weight excluding hydrogens is 355 g/mol. The Kier molecular flexibility index (Phi) is 6.31. The van der Waals surface area contributed by atoms with E-state index in [2.05, 4.69) is 5.32 Å². The third-order valence-corrected chi connectivity index (χ3v) is 4.62. The van der Waals surface area contributed by atoms with Gasteiger partial charge in [0.05, 0.1) is 15.7 Å². The second-order valence-electron chi connectivity index (χ2n) is 5.38. The van der Waals surface area contributed by atoms with Gasteiger partial charge in [0.25, 0.3) is 5.91 Å². The molecule has 3 nitrogen and oxygen atoms in total. The van der Waals surface area contributed by atoms with Gasteiger partial charge in [0.1, 0.15) is 6.04 Å². The van der Waals surface area contributed by atoms with Crippen LogP contribution in [0.25, 0.3) is 0 Å². The predicted molar refractivity (Wildman–Crippen MR) is 96.5 cm³/mol. The Hall–Kier alpha value is -1.26. The average Bonchev–Trinajstić information content (AvgIpc) is 2.53. The quantitative estimate of drug-likeness (QED) is 0.811. The number of nitrogens with two attached hydrogens (primary N) is 1. The molecule has 0 unspecified atom stereocenters. The maximum absolute atomic E-state index is 12.1. The molecule has 6 heteroatoms. The minimum absolute atomic E-state index is 0.114. The van der Waals surface area contributed by atoms with Crippen LogP contribution in [0.1, 0.15) is 24.1 Å². The average molecular weight is 373 g/mol. The van der Waals surface area contributed by atoms with E-state index in [0.29, 0.717) is 20.8 Å². The summed E-state index contributed by atoms with van der Waals surface area (Å²) < 4.78 is 0. The number of anilines is 1. The highest BCUT2D eigenvalue weighted by Gasteiger charge is 2.15. The van der Waals surface area contributed by atoms with Crippen molar-refractivity contribution in [2.75, 3.05) is 11.9 Å². The molecule has 0 saturated carbocycles. The van der Waals surface area contributed by atoms with Gasteiger partial charge < -0.3 is 10.6 Å². The van der Waals surface area contributed by atoms with Crippen LogP contribution in [-0.4, -0.2) is 12.5 Å². The molecule has 2 rings (SSSR count). The fraction of sp³-hybridized carbons (Fsp3) is 0.235. The minimum Gasteiger partial charge on any atom is -0.333 e. The van der Waals surface area contributed by atoms with E-state index >= 15 is 0 Å². The monoisotopic (exact) mass is 371 g/mol. The van der Waals surface area contributed by atoms with Crippen LogP contribution in [0.5, 0.6) is 0 Å². The van der Waals surface area contributed by atoms with Gasteiger partial charge in [0, 0.05) is 10.6 Å². The number of carbonyl (C=O) groups excluding carboxylic acids is 1. The van der Waals surface area contributed by atoms with Gasteiger partial charge in [-0.15, -0.1) is 0 Å². The molecular formula is C17H18Cl3N2O+. The zero-order valence-electron chi connectivity index (χ0n) is 12.9. The van der Waals surface area contributed by atoms with Gasteiger partial charge in [0.2, 0.25) is 0 Å². The second kappa shape index (κ2) is 8.02. The van der Waals surface area contributed by atoms with Gasteiger partial charge in [-0.2, -0.15) is 0 Å². The molecule has 3 N–H and O–H groups in total. The van der Waals surface area contributed by atoms with Crippen molar-refractivity contribution >= 4 is 46.4 Å². The first-order chi connectivity index (χ1) is 10.9. The van der Waals surface area contributed by atoms with Crippen LogP contribution in [0.3, 0.4) is 0 Å². The maximum atomic E-state index is 12.1. The van der Waals surface area contributed by atoms with E-state index in [1.54, 1.807) is 6.07 Å². The molecule has 2 aromatic rings. The van der Waals surface area contributed by atoms with Crippen LogP contribution >= 0.6 is 34.8 Å². The molecule has 0 saturated heterocycles. The largest absolute Gasteiger partial charge is 0.333 e. The Labute approximate surface area is 150 Å². The van der Waals surface area contributed by atoms with Crippen molar-refractivity contribution < 1.29 is 10.1 Å². The van der Waals surface area contributed by atoms with Crippen LogP contribution in [0.15, 0.2) is 36.4 Å². The van der Waals surface area contributed by atoms with E-state index < -0.39 is 0 Å². The van der Waals surface area contributed by atoms with Crippen molar-refractivity contribution in [1.29, 1.82) is 0 Å². The zero-order valence-corrected chi connectivity index (χ0v) is 15.1. The summed E-state index contributed by atoms with van der Waals surface area (Å²) in [7, 11) is 0. The third-order valence-electron chi connectivity index (χ3n) is 3.58. The Bertz CT molecular complexity index is 719. The number of hydrogen-bond donors (Lipinski definition) is 2. The van der Waals surface area contributed by atoms with E-state index in [9.17, 15) is 4.79 Å². The molecule has 0 radical (unpaired) electrons. The Morgan fingerprint density at radius 1 is 1.22 bits per heavy atom. The molecule has 0 fully saturated rings. The minimum atomic E-state index is -0.159. The van der Waals surface area contributed by atoms with E-state index in [1.165, 1.54) is 0 Å². The second-order valence-corrected chi connectivity index (χ2v) is 6.61. The van der Waals surface area contributed by atoms with Crippen molar-refractivity contribution in [3.8, 4) is 0 Å². The molecule has 0 aliphatic heterocycles. The number of amides is 1. The summed E-state index contributed by atoms with van der Waals surface area (Å²) >= 11 is 18.3. The number of aryl methyl sites for hydroxylation is 1. The molecule has 1 atom stereocenters. The standard InChI is InChI=1S/C17H17Cl3N2O/c1-10-6-7-14(19)17(16(10)20)22-15(23)9-21-11(2)12-4-3-5-13(18)8-12/h3-8,11,21H,9H2,1-2H3,(H,22,23)/p+1/t11-/m1/s1. The fourth-order valence-corrected chi connectivity index (χ4v) is 2.84. The number of quaternary nitrogens is 1. The summed E-state index contributed by atoms with van der Waals surface area (Å²) in [5.74, 6) is -0.159. The van der Waals surface area contributed by atoms with Gasteiger partial charge in [-0.25, -0.2) is 0 Å². The summed E-state index contributed by atoms with van der Waals surface area (Å²) in [4.78, 5) is 12.1. The molecule has 0 heterocycles. The lowest BCUT2D eigenvalue weighted by atomic mass is 10.1. The molecule has 122 valence electrons. The highest BCUT2D eigenvalue weighted by atomic mass is 35.5. The summed E-state index contributed by atoms with van der Waals surface area (Å²) in [6.07, 6.45) is 0. The predicted octanol–water partition coefficient (Wildman–Crippen LogP) is 4.22. The zero-order chi connectivity index (χ0) is 17.0. The number of carbonyl (C=O) groups is 1. The lowest BCUT2D eigenvalue weighted by Crippen LogP contribution is -2.86. The molecule has 1 amide bonds. The van der Waals surface area contributed by atoms with Gasteiger partial charge in [-0.05, 0) is 37.6 Å². The molecule has 0 aliphatic rings. The summed E-state index contributed by atoms with van der Waals surface area (Å²) in [5, 5.41) is 6.29. The Morgan fingerprint density at radius 2 is 1.96 bits per heavy atom. The number of halogens is 3. The Balaban J connectivity index is 1.97. The van der Waals surface area contributed by atoms with E-state index in [0.717, 1.165) is 11.1 Å². The first-order valence-corrected chi connectivity index (χ1v) is 8.35. The highest BCUT2D eigenvalue weighted by molar-refractivity contribution is 6.40. The lowest BCUT2D eigenvalue weighted by molar-refractivity contribution is -0.682. The molecule has 23 heavy (non-hydrogen) atoms. The van der Waals surface area contributed by atoms with Crippen molar-refractivity contribution in [2.45, 2.75) is 19.9 Å². The van der Waals surface area contributed by atoms with Gasteiger partial charge in [-0.3, -0.25) is 4.79 Å². The smallest absolute Gasteiger partial charge is 0.279 e. The van der Waals surface area contributed by atoms with Crippen molar-refractivity contribution in [3.05, 3.63) is 62.6 Å². The molecule has 0 bridgehead atoms. The van der Waals surface area contributed by atoms with Crippen molar-refractivity contribution in [2.24, 2.45) is 0 Å². The number of hydrogen-bond acceptors (Lipinski definition) is 1. The van der Waals surface area contributed by atoms with E-state index in [4.69, 9.17) is 34.8 Å². The fourth-order valence-electron chi connectivity index (χ4n) is 2.17. The summed E-state index contributed by atoms with van der Waals surface area (Å²) in [6, 6.07) is 11.3. The lowest BCUT2D eigenvalue weighted by Gasteiger charge is -2.13. The number of rotatable bonds is 5. The van der Waals surface area contributed by atoms with Crippen LogP contribution in [0, 0.1) is 6.92 Å². The number of benzene rings is 2. The SMILES string of the molecule is Cc1ccc(Cl)c(NC(=O)C[NH2+][C@H](C)c2cccc(Cl)c2)c1Cl. The van der Waals surface area contributed by atoms with Gasteiger partial charge >= 0.3 is 0 Å². The first-order valence-electron chi connectivity index (χ1n) is 7.21. The van der Waals surface area contributed by atoms with E-state index in [1.807, 2.05) is 49.5 Å². The topological polar surface area (TPSA) is 45.7 Å². The van der Waals surface area contributed by atoms with Gasteiger partial charge in [0.15, 0.2) is 6.54 Å².